The van der Waals surface area contributed by atoms with Crippen LogP contribution in [0.25, 0.3) is 21.8 Å². The van der Waals surface area contributed by atoms with Crippen molar-refractivity contribution in [3.8, 4) is 21.8 Å². The highest BCUT2D eigenvalue weighted by atomic mass is 35.5. The Kier molecular flexibility index (Phi) is 4.41. The van der Waals surface area contributed by atoms with Crippen molar-refractivity contribution in [1.29, 1.82) is 0 Å². The Hall–Kier alpha value is -2.24. The van der Waals surface area contributed by atoms with E-state index in [-0.39, 0.29) is 5.56 Å². The first kappa shape index (κ1) is 15.6. The monoisotopic (exact) mass is 344 g/mol. The van der Waals surface area contributed by atoms with Gasteiger partial charge in [-0.25, -0.2) is 9.78 Å². The second-order valence-electron chi connectivity index (χ2n) is 4.92. The zero-order valence-electron chi connectivity index (χ0n) is 12.3. The van der Waals surface area contributed by atoms with Crippen LogP contribution >= 0.6 is 22.9 Å². The molecule has 3 rings (SSSR count). The lowest BCUT2D eigenvalue weighted by Crippen LogP contribution is -2.04. The lowest BCUT2D eigenvalue weighted by Gasteiger charge is -2.04. The number of halogens is 1. The lowest BCUT2D eigenvalue weighted by molar-refractivity contribution is 0.0695. The van der Waals surface area contributed by atoms with Crippen molar-refractivity contribution in [3.05, 3.63) is 58.2 Å². The van der Waals surface area contributed by atoms with Gasteiger partial charge in [0.05, 0.1) is 17.0 Å². The molecule has 2 aromatic heterocycles. The molecular weight excluding hydrogens is 332 g/mol. The second kappa shape index (κ2) is 6.48. The Morgan fingerprint density at radius 1 is 1.26 bits per heavy atom. The summed E-state index contributed by atoms with van der Waals surface area (Å²) in [6.07, 6.45) is 2.26. The molecule has 3 aromatic rings. The summed E-state index contributed by atoms with van der Waals surface area (Å²) >= 11 is 7.35. The van der Waals surface area contributed by atoms with E-state index in [0.29, 0.717) is 22.7 Å². The zero-order chi connectivity index (χ0) is 16.4. The first-order valence-corrected chi connectivity index (χ1v) is 8.28. The SMILES string of the molecule is CCc1ncc(-c2nc(-c3ccc(Cl)cc3)cs2)cc1C(=O)O. The number of aryl methyl sites for hydroxylation is 1. The Labute approximate surface area is 142 Å². The molecule has 0 aliphatic rings. The van der Waals surface area contributed by atoms with Gasteiger partial charge in [-0.2, -0.15) is 0 Å². The summed E-state index contributed by atoms with van der Waals surface area (Å²) < 4.78 is 0. The second-order valence-corrected chi connectivity index (χ2v) is 6.22. The van der Waals surface area contributed by atoms with Crippen LogP contribution in [-0.2, 0) is 6.42 Å². The van der Waals surface area contributed by atoms with Gasteiger partial charge in [0.15, 0.2) is 0 Å². The number of hydrogen-bond donors (Lipinski definition) is 1. The molecule has 0 atom stereocenters. The molecule has 23 heavy (non-hydrogen) atoms. The third-order valence-corrected chi connectivity index (χ3v) is 4.57. The highest BCUT2D eigenvalue weighted by molar-refractivity contribution is 7.13. The topological polar surface area (TPSA) is 63.1 Å². The molecule has 0 amide bonds. The van der Waals surface area contributed by atoms with Crippen LogP contribution in [0.15, 0.2) is 41.9 Å². The molecule has 0 bridgehead atoms. The van der Waals surface area contributed by atoms with Gasteiger partial charge < -0.3 is 5.11 Å². The number of nitrogens with zero attached hydrogens (tertiary/aromatic N) is 2. The number of benzene rings is 1. The number of hydrogen-bond acceptors (Lipinski definition) is 4. The summed E-state index contributed by atoms with van der Waals surface area (Å²) in [6.45, 7) is 1.89. The molecule has 116 valence electrons. The van der Waals surface area contributed by atoms with Crippen molar-refractivity contribution >= 4 is 28.9 Å². The average Bonchev–Trinajstić information content (AvgIpc) is 3.04. The van der Waals surface area contributed by atoms with Crippen molar-refractivity contribution in [2.45, 2.75) is 13.3 Å². The van der Waals surface area contributed by atoms with Crippen molar-refractivity contribution in [2.24, 2.45) is 0 Å². The van der Waals surface area contributed by atoms with Crippen LogP contribution in [0.2, 0.25) is 5.02 Å². The molecule has 0 saturated heterocycles. The van der Waals surface area contributed by atoms with Crippen LogP contribution in [-0.4, -0.2) is 21.0 Å². The highest BCUT2D eigenvalue weighted by Crippen LogP contribution is 2.30. The smallest absolute Gasteiger partial charge is 0.337 e. The third kappa shape index (κ3) is 3.25. The number of pyridine rings is 1. The quantitative estimate of drug-likeness (QED) is 0.739. The van der Waals surface area contributed by atoms with Gasteiger partial charge >= 0.3 is 5.97 Å². The number of thiazole rings is 1. The van der Waals surface area contributed by atoms with Gasteiger partial charge in [-0.3, -0.25) is 4.98 Å². The molecule has 1 aromatic carbocycles. The van der Waals surface area contributed by atoms with E-state index in [9.17, 15) is 9.90 Å². The van der Waals surface area contributed by atoms with E-state index >= 15 is 0 Å². The van der Waals surface area contributed by atoms with Gasteiger partial charge in [0.1, 0.15) is 5.01 Å². The number of carboxylic acids is 1. The Bertz CT molecular complexity index is 859. The summed E-state index contributed by atoms with van der Waals surface area (Å²) in [5.74, 6) is -0.967. The fourth-order valence-corrected chi connectivity index (χ4v) is 3.17. The van der Waals surface area contributed by atoms with Gasteiger partial charge in [0.25, 0.3) is 0 Å². The van der Waals surface area contributed by atoms with Gasteiger partial charge in [-0.1, -0.05) is 30.7 Å². The minimum atomic E-state index is -0.967. The van der Waals surface area contributed by atoms with Crippen molar-refractivity contribution < 1.29 is 9.90 Å². The zero-order valence-corrected chi connectivity index (χ0v) is 13.9. The maximum absolute atomic E-state index is 11.4. The maximum Gasteiger partial charge on any atom is 0.337 e. The van der Waals surface area contributed by atoms with E-state index in [1.54, 1.807) is 12.3 Å². The van der Waals surface area contributed by atoms with Crippen LogP contribution < -0.4 is 0 Å². The number of rotatable bonds is 4. The molecule has 6 heteroatoms. The minimum absolute atomic E-state index is 0.230. The molecule has 0 fully saturated rings. The summed E-state index contributed by atoms with van der Waals surface area (Å²) in [5, 5.41) is 12.7. The summed E-state index contributed by atoms with van der Waals surface area (Å²) in [5.41, 5.74) is 3.32. The number of aromatic nitrogens is 2. The number of aromatic carboxylic acids is 1. The lowest BCUT2D eigenvalue weighted by atomic mass is 10.1. The molecule has 0 unspecified atom stereocenters. The molecule has 0 radical (unpaired) electrons. The van der Waals surface area contributed by atoms with Crippen LogP contribution in [0.1, 0.15) is 23.0 Å². The molecule has 0 aliphatic heterocycles. The molecule has 1 N–H and O–H groups in total. The third-order valence-electron chi connectivity index (χ3n) is 3.43. The molecule has 2 heterocycles. The van der Waals surface area contributed by atoms with E-state index in [2.05, 4.69) is 9.97 Å². The van der Waals surface area contributed by atoms with Gasteiger partial charge in [0, 0.05) is 27.7 Å². The fraction of sp³-hybridized carbons (Fsp3) is 0.118. The van der Waals surface area contributed by atoms with E-state index in [0.717, 1.165) is 16.3 Å². The highest BCUT2D eigenvalue weighted by Gasteiger charge is 2.14. The van der Waals surface area contributed by atoms with E-state index < -0.39 is 5.97 Å². The molecule has 0 spiro atoms. The van der Waals surface area contributed by atoms with Gasteiger partial charge in [0.2, 0.25) is 0 Å². The first-order chi connectivity index (χ1) is 11.1. The van der Waals surface area contributed by atoms with Gasteiger partial charge in [-0.15, -0.1) is 11.3 Å². The summed E-state index contributed by atoms with van der Waals surface area (Å²) in [7, 11) is 0. The molecule has 4 nitrogen and oxygen atoms in total. The standard InChI is InChI=1S/C17H13ClN2O2S/c1-2-14-13(17(21)22)7-11(8-19-14)16-20-15(9-23-16)10-3-5-12(18)6-4-10/h3-9H,2H2,1H3,(H,21,22). The van der Waals surface area contributed by atoms with Crippen LogP contribution in [0.3, 0.4) is 0 Å². The average molecular weight is 345 g/mol. The Morgan fingerprint density at radius 3 is 2.65 bits per heavy atom. The molecule has 0 aliphatic carbocycles. The van der Waals surface area contributed by atoms with Crippen molar-refractivity contribution in [2.75, 3.05) is 0 Å². The van der Waals surface area contributed by atoms with Crippen LogP contribution in [0.4, 0.5) is 0 Å². The Morgan fingerprint density at radius 2 is 2.00 bits per heavy atom. The van der Waals surface area contributed by atoms with Crippen LogP contribution in [0, 0.1) is 0 Å². The maximum atomic E-state index is 11.4. The van der Waals surface area contributed by atoms with E-state index in [4.69, 9.17) is 11.6 Å². The fourth-order valence-electron chi connectivity index (χ4n) is 2.24. The predicted molar refractivity (Wildman–Crippen MR) is 92.1 cm³/mol. The van der Waals surface area contributed by atoms with Crippen molar-refractivity contribution in [1.82, 2.24) is 9.97 Å². The largest absolute Gasteiger partial charge is 0.478 e. The van der Waals surface area contributed by atoms with Crippen molar-refractivity contribution in [3.63, 3.8) is 0 Å². The predicted octanol–water partition coefficient (Wildman–Crippen LogP) is 4.79. The summed E-state index contributed by atoms with van der Waals surface area (Å²) in [6, 6.07) is 9.08. The number of carbonyl (C=O) groups is 1. The Balaban J connectivity index is 1.98. The van der Waals surface area contributed by atoms with Gasteiger partial charge in [-0.05, 0) is 24.6 Å². The molecule has 0 saturated carbocycles. The number of carboxylic acid groups (broad SMARTS) is 1. The van der Waals surface area contributed by atoms with Crippen LogP contribution in [0.5, 0.6) is 0 Å². The molecular formula is C17H13ClN2O2S. The minimum Gasteiger partial charge on any atom is -0.478 e. The van der Waals surface area contributed by atoms with E-state index in [1.807, 2.05) is 36.6 Å². The van der Waals surface area contributed by atoms with E-state index in [1.165, 1.54) is 11.3 Å². The summed E-state index contributed by atoms with van der Waals surface area (Å²) in [4.78, 5) is 20.2. The first-order valence-electron chi connectivity index (χ1n) is 7.02. The normalized spacial score (nSPS) is 10.7.